The van der Waals surface area contributed by atoms with Crippen LogP contribution < -0.4 is 11.1 Å². The van der Waals surface area contributed by atoms with Gasteiger partial charge < -0.3 is 11.1 Å². The van der Waals surface area contributed by atoms with Crippen LogP contribution in [0.1, 0.15) is 20.3 Å². The van der Waals surface area contributed by atoms with Gasteiger partial charge in [0.25, 0.3) is 0 Å². The van der Waals surface area contributed by atoms with Gasteiger partial charge in [0.2, 0.25) is 5.91 Å². The molecular formula is C8H16N2O2. The Labute approximate surface area is 72.5 Å². The molecule has 0 aromatic heterocycles. The van der Waals surface area contributed by atoms with Crippen molar-refractivity contribution in [1.29, 1.82) is 0 Å². The number of rotatable bonds is 5. The minimum absolute atomic E-state index is 0.0244. The van der Waals surface area contributed by atoms with E-state index in [2.05, 4.69) is 5.32 Å². The maximum absolute atomic E-state index is 11.3. The lowest BCUT2D eigenvalue weighted by molar-refractivity contribution is -0.127. The summed E-state index contributed by atoms with van der Waals surface area (Å²) in [5.74, 6) is -0.499. The first-order valence-electron chi connectivity index (χ1n) is 3.98. The van der Waals surface area contributed by atoms with E-state index in [0.717, 1.165) is 0 Å². The normalized spacial score (nSPS) is 13.0. The highest BCUT2D eigenvalue weighted by molar-refractivity contribution is 5.90. The van der Waals surface area contributed by atoms with Crippen molar-refractivity contribution in [2.45, 2.75) is 26.3 Å². The van der Waals surface area contributed by atoms with Crippen molar-refractivity contribution < 1.29 is 9.59 Å². The number of hydrogen-bond acceptors (Lipinski definition) is 3. The van der Waals surface area contributed by atoms with Crippen molar-refractivity contribution in [2.75, 3.05) is 7.05 Å². The zero-order chi connectivity index (χ0) is 9.72. The van der Waals surface area contributed by atoms with Crippen LogP contribution in [0.2, 0.25) is 0 Å². The highest BCUT2D eigenvalue weighted by Crippen LogP contribution is 2.02. The molecular weight excluding hydrogens is 156 g/mol. The molecule has 3 N–H and O–H groups in total. The average molecular weight is 172 g/mol. The van der Waals surface area contributed by atoms with E-state index in [9.17, 15) is 9.59 Å². The van der Waals surface area contributed by atoms with Crippen LogP contribution >= 0.6 is 0 Å². The number of nitrogens with two attached hydrogens (primary N) is 1. The van der Waals surface area contributed by atoms with Gasteiger partial charge in [-0.25, -0.2) is 0 Å². The fourth-order valence-corrected chi connectivity index (χ4v) is 0.948. The second kappa shape index (κ2) is 4.87. The van der Waals surface area contributed by atoms with Crippen LogP contribution in [0.5, 0.6) is 0 Å². The number of primary amides is 1. The second-order valence-corrected chi connectivity index (χ2v) is 3.07. The Hall–Kier alpha value is -0.900. The van der Waals surface area contributed by atoms with Crippen molar-refractivity contribution in [1.82, 2.24) is 5.32 Å². The van der Waals surface area contributed by atoms with Gasteiger partial charge >= 0.3 is 0 Å². The summed E-state index contributed by atoms with van der Waals surface area (Å²) in [6.07, 6.45) is 0.0769. The molecule has 4 nitrogen and oxygen atoms in total. The number of carbonyl (C=O) groups is 2. The number of hydrogen-bond donors (Lipinski definition) is 2. The van der Waals surface area contributed by atoms with Crippen LogP contribution in [-0.2, 0) is 9.59 Å². The van der Waals surface area contributed by atoms with Crippen LogP contribution in [0.15, 0.2) is 0 Å². The minimum Gasteiger partial charge on any atom is -0.370 e. The Morgan fingerprint density at radius 1 is 1.42 bits per heavy atom. The highest BCUT2D eigenvalue weighted by Gasteiger charge is 2.20. The third kappa shape index (κ3) is 3.48. The van der Waals surface area contributed by atoms with E-state index < -0.39 is 11.9 Å². The summed E-state index contributed by atoms with van der Waals surface area (Å²) >= 11 is 0. The molecule has 0 aliphatic rings. The monoisotopic (exact) mass is 172 g/mol. The van der Waals surface area contributed by atoms with Crippen LogP contribution in [0.25, 0.3) is 0 Å². The van der Waals surface area contributed by atoms with E-state index >= 15 is 0 Å². The van der Waals surface area contributed by atoms with Gasteiger partial charge in [-0.15, -0.1) is 0 Å². The van der Waals surface area contributed by atoms with Crippen LogP contribution in [-0.4, -0.2) is 24.8 Å². The maximum Gasteiger partial charge on any atom is 0.219 e. The van der Waals surface area contributed by atoms with Gasteiger partial charge in [0.1, 0.15) is 0 Å². The van der Waals surface area contributed by atoms with E-state index in [4.69, 9.17) is 5.73 Å². The first-order chi connectivity index (χ1) is 5.49. The molecule has 70 valence electrons. The zero-order valence-corrected chi connectivity index (χ0v) is 7.76. The summed E-state index contributed by atoms with van der Waals surface area (Å²) < 4.78 is 0. The lowest BCUT2D eigenvalue weighted by Gasteiger charge is -2.14. The summed E-state index contributed by atoms with van der Waals surface area (Å²) in [6, 6.07) is -0.428. The van der Waals surface area contributed by atoms with Crippen molar-refractivity contribution in [3.63, 3.8) is 0 Å². The molecule has 0 saturated carbocycles. The average Bonchev–Trinajstić information content (AvgIpc) is 1.98. The zero-order valence-electron chi connectivity index (χ0n) is 7.76. The SMILES string of the molecule is CNC(CC(N)=O)C(=O)C(C)C. The van der Waals surface area contributed by atoms with Gasteiger partial charge in [-0.2, -0.15) is 0 Å². The number of ketones is 1. The molecule has 1 unspecified atom stereocenters. The standard InChI is InChI=1S/C8H16N2O2/c1-5(2)8(12)6(10-3)4-7(9)11/h5-6,10H,4H2,1-3H3,(H2,9,11). The fraction of sp³-hybridized carbons (Fsp3) is 0.750. The molecule has 0 aromatic carbocycles. The largest absolute Gasteiger partial charge is 0.370 e. The summed E-state index contributed by atoms with van der Waals surface area (Å²) in [5, 5.41) is 2.76. The first-order valence-corrected chi connectivity index (χ1v) is 3.98. The molecule has 0 saturated heterocycles. The minimum atomic E-state index is -0.455. The Bertz CT molecular complexity index is 178. The molecule has 12 heavy (non-hydrogen) atoms. The van der Waals surface area contributed by atoms with Gasteiger partial charge in [-0.3, -0.25) is 9.59 Å². The van der Waals surface area contributed by atoms with Crippen LogP contribution in [0.4, 0.5) is 0 Å². The van der Waals surface area contributed by atoms with Crippen molar-refractivity contribution in [3.8, 4) is 0 Å². The molecule has 0 fully saturated rings. The van der Waals surface area contributed by atoms with Gasteiger partial charge in [0.05, 0.1) is 6.04 Å². The Balaban J connectivity index is 4.15. The smallest absolute Gasteiger partial charge is 0.219 e. The fourth-order valence-electron chi connectivity index (χ4n) is 0.948. The van der Waals surface area contributed by atoms with Crippen LogP contribution in [0.3, 0.4) is 0 Å². The second-order valence-electron chi connectivity index (χ2n) is 3.07. The van der Waals surface area contributed by atoms with Crippen LogP contribution in [0, 0.1) is 5.92 Å². The number of carbonyl (C=O) groups excluding carboxylic acids is 2. The lowest BCUT2D eigenvalue weighted by Crippen LogP contribution is -2.40. The summed E-state index contributed by atoms with van der Waals surface area (Å²) in [5.41, 5.74) is 4.98. The number of likely N-dealkylation sites (N-methyl/N-ethyl adjacent to an activating group) is 1. The molecule has 0 aliphatic heterocycles. The molecule has 4 heteroatoms. The Kier molecular flexibility index (Phi) is 4.51. The molecule has 0 aliphatic carbocycles. The van der Waals surface area contributed by atoms with E-state index in [-0.39, 0.29) is 18.1 Å². The first kappa shape index (κ1) is 11.1. The molecule has 0 aromatic rings. The molecule has 0 radical (unpaired) electrons. The third-order valence-corrected chi connectivity index (χ3v) is 1.67. The van der Waals surface area contributed by atoms with Gasteiger partial charge in [0.15, 0.2) is 5.78 Å². The van der Waals surface area contributed by atoms with E-state index in [1.165, 1.54) is 0 Å². The number of nitrogens with one attached hydrogen (secondary N) is 1. The predicted molar refractivity (Wildman–Crippen MR) is 46.5 cm³/mol. The lowest BCUT2D eigenvalue weighted by atomic mass is 9.99. The summed E-state index contributed by atoms with van der Waals surface area (Å²) in [6.45, 7) is 3.60. The highest BCUT2D eigenvalue weighted by atomic mass is 16.1. The summed E-state index contributed by atoms with van der Waals surface area (Å²) in [4.78, 5) is 21.9. The van der Waals surface area contributed by atoms with E-state index in [0.29, 0.717) is 0 Å². The molecule has 0 heterocycles. The molecule has 0 bridgehead atoms. The number of Topliss-reactive ketones (excluding diaryl/α,β-unsaturated/α-hetero) is 1. The van der Waals surface area contributed by atoms with Crippen molar-refractivity contribution in [2.24, 2.45) is 11.7 Å². The third-order valence-electron chi connectivity index (χ3n) is 1.67. The van der Waals surface area contributed by atoms with Crippen molar-refractivity contribution >= 4 is 11.7 Å². The van der Waals surface area contributed by atoms with Gasteiger partial charge in [0, 0.05) is 12.3 Å². The van der Waals surface area contributed by atoms with E-state index in [1.54, 1.807) is 20.9 Å². The van der Waals surface area contributed by atoms with Gasteiger partial charge in [-0.1, -0.05) is 13.8 Å². The molecule has 0 rings (SSSR count). The Morgan fingerprint density at radius 3 is 2.17 bits per heavy atom. The molecule has 1 atom stereocenters. The Morgan fingerprint density at radius 2 is 1.92 bits per heavy atom. The van der Waals surface area contributed by atoms with Gasteiger partial charge in [-0.05, 0) is 7.05 Å². The molecule has 1 amide bonds. The molecule has 0 spiro atoms. The maximum atomic E-state index is 11.3. The quantitative estimate of drug-likeness (QED) is 0.596. The van der Waals surface area contributed by atoms with E-state index in [1.807, 2.05) is 0 Å². The topological polar surface area (TPSA) is 72.2 Å². The summed E-state index contributed by atoms with van der Waals surface area (Å²) in [7, 11) is 1.65. The van der Waals surface area contributed by atoms with Crippen molar-refractivity contribution in [3.05, 3.63) is 0 Å². The predicted octanol–water partition coefficient (Wildman–Crippen LogP) is -0.325. The number of amides is 1.